The molecule has 0 saturated heterocycles. The Bertz CT molecular complexity index is 1170. The minimum atomic E-state index is -0.508. The number of rotatable bonds is 7. The second-order valence-corrected chi connectivity index (χ2v) is 8.70. The van der Waals surface area contributed by atoms with Gasteiger partial charge in [0.2, 0.25) is 5.76 Å². The molecule has 5 nitrogen and oxygen atoms in total. The molecule has 1 N–H and O–H groups in total. The number of hydrogen-bond donors (Lipinski definition) is 1. The van der Waals surface area contributed by atoms with Gasteiger partial charge < -0.3 is 14.2 Å². The summed E-state index contributed by atoms with van der Waals surface area (Å²) in [6.45, 7) is 7.89. The molecule has 2 heterocycles. The summed E-state index contributed by atoms with van der Waals surface area (Å²) in [5.41, 5.74) is 1.35. The van der Waals surface area contributed by atoms with Crippen LogP contribution in [-0.4, -0.2) is 37.0 Å². The predicted molar refractivity (Wildman–Crippen MR) is 123 cm³/mol. The molecule has 3 aromatic rings. The van der Waals surface area contributed by atoms with Crippen LogP contribution in [0.4, 0.5) is 0 Å². The summed E-state index contributed by atoms with van der Waals surface area (Å²) in [6.07, 6.45) is 0.834. The molecule has 0 unspecified atom stereocenters. The van der Waals surface area contributed by atoms with Gasteiger partial charge in [0.1, 0.15) is 5.58 Å². The van der Waals surface area contributed by atoms with Crippen molar-refractivity contribution in [2.24, 2.45) is 0 Å². The summed E-state index contributed by atoms with van der Waals surface area (Å²) in [4.78, 5) is 30.0. The number of hydrogen-bond acceptors (Lipinski definition) is 3. The van der Waals surface area contributed by atoms with E-state index >= 15 is 0 Å². The molecular formula is C24H25Cl2N2O3+. The SMILES string of the molecule is CC[NH+](CC)CCCN1C(=O)c2oc3ccc(Cl)cc3c(=O)c2[C@@H]1c1ccc(Cl)cc1. The van der Waals surface area contributed by atoms with Crippen LogP contribution in [0, 0.1) is 0 Å². The van der Waals surface area contributed by atoms with Crippen molar-refractivity contribution in [2.45, 2.75) is 26.3 Å². The molecule has 0 radical (unpaired) electrons. The van der Waals surface area contributed by atoms with Crippen LogP contribution in [0.15, 0.2) is 51.7 Å². The van der Waals surface area contributed by atoms with E-state index < -0.39 is 6.04 Å². The molecule has 0 fully saturated rings. The zero-order valence-corrected chi connectivity index (χ0v) is 19.1. The normalized spacial score (nSPS) is 15.8. The molecule has 31 heavy (non-hydrogen) atoms. The van der Waals surface area contributed by atoms with Crippen LogP contribution >= 0.6 is 23.2 Å². The minimum Gasteiger partial charge on any atom is -0.450 e. The van der Waals surface area contributed by atoms with E-state index in [4.69, 9.17) is 27.6 Å². The molecule has 0 saturated carbocycles. The van der Waals surface area contributed by atoms with Gasteiger partial charge in [-0.25, -0.2) is 0 Å². The van der Waals surface area contributed by atoms with Crippen LogP contribution in [0.5, 0.6) is 0 Å². The third-order valence-corrected chi connectivity index (χ3v) is 6.53. The molecule has 1 atom stereocenters. The monoisotopic (exact) mass is 459 g/mol. The second-order valence-electron chi connectivity index (χ2n) is 7.83. The first-order valence-corrected chi connectivity index (χ1v) is 11.4. The fourth-order valence-electron chi connectivity index (χ4n) is 4.32. The lowest BCUT2D eigenvalue weighted by Gasteiger charge is -2.26. The number of fused-ring (bicyclic) bond motifs is 2. The lowest BCUT2D eigenvalue weighted by molar-refractivity contribution is -0.896. The van der Waals surface area contributed by atoms with Crippen molar-refractivity contribution in [1.29, 1.82) is 0 Å². The van der Waals surface area contributed by atoms with E-state index in [-0.39, 0.29) is 17.1 Å². The molecule has 1 aliphatic rings. The van der Waals surface area contributed by atoms with Gasteiger partial charge in [0.05, 0.1) is 36.6 Å². The largest absolute Gasteiger partial charge is 0.450 e. The highest BCUT2D eigenvalue weighted by molar-refractivity contribution is 6.31. The maximum atomic E-state index is 13.5. The smallest absolute Gasteiger partial charge is 0.290 e. The Morgan fingerprint density at radius 2 is 1.68 bits per heavy atom. The Hall–Kier alpha value is -2.34. The number of amides is 1. The zero-order chi connectivity index (χ0) is 22.1. The van der Waals surface area contributed by atoms with Crippen LogP contribution in [0.2, 0.25) is 10.0 Å². The van der Waals surface area contributed by atoms with Crippen LogP contribution in [0.1, 0.15) is 48.0 Å². The Morgan fingerprint density at radius 1 is 1.00 bits per heavy atom. The summed E-state index contributed by atoms with van der Waals surface area (Å²) in [6, 6.07) is 11.6. The summed E-state index contributed by atoms with van der Waals surface area (Å²) in [7, 11) is 0. The lowest BCUT2D eigenvalue weighted by atomic mass is 9.98. The average Bonchev–Trinajstić information content (AvgIpc) is 3.04. The molecule has 1 aromatic heterocycles. The quantitative estimate of drug-likeness (QED) is 0.581. The van der Waals surface area contributed by atoms with Crippen LogP contribution < -0.4 is 10.3 Å². The Morgan fingerprint density at radius 3 is 2.35 bits per heavy atom. The first-order chi connectivity index (χ1) is 14.9. The maximum Gasteiger partial charge on any atom is 0.290 e. The number of carbonyl (C=O) groups excluding carboxylic acids is 1. The van der Waals surface area contributed by atoms with E-state index in [2.05, 4.69) is 13.8 Å². The zero-order valence-electron chi connectivity index (χ0n) is 17.6. The van der Waals surface area contributed by atoms with Crippen molar-refractivity contribution in [3.8, 4) is 0 Å². The lowest BCUT2D eigenvalue weighted by Crippen LogP contribution is -3.11. The van der Waals surface area contributed by atoms with E-state index in [9.17, 15) is 9.59 Å². The summed E-state index contributed by atoms with van der Waals surface area (Å²) in [5, 5.41) is 1.43. The summed E-state index contributed by atoms with van der Waals surface area (Å²) < 4.78 is 5.95. The highest BCUT2D eigenvalue weighted by atomic mass is 35.5. The van der Waals surface area contributed by atoms with Gasteiger partial charge >= 0.3 is 0 Å². The number of nitrogens with zero attached hydrogens (tertiary/aromatic N) is 1. The highest BCUT2D eigenvalue weighted by Gasteiger charge is 2.42. The number of nitrogens with one attached hydrogen (secondary N) is 1. The second kappa shape index (κ2) is 9.03. The number of quaternary nitrogens is 1. The van der Waals surface area contributed by atoms with E-state index in [1.807, 2.05) is 12.1 Å². The third kappa shape index (κ3) is 4.10. The third-order valence-electron chi connectivity index (χ3n) is 6.04. The van der Waals surface area contributed by atoms with Gasteiger partial charge in [-0.3, -0.25) is 9.59 Å². The highest BCUT2D eigenvalue weighted by Crippen LogP contribution is 2.38. The number of halogens is 2. The Balaban J connectivity index is 1.80. The van der Waals surface area contributed by atoms with Gasteiger partial charge in [-0.1, -0.05) is 35.3 Å². The molecule has 1 aliphatic heterocycles. The van der Waals surface area contributed by atoms with E-state index in [1.54, 1.807) is 35.2 Å². The van der Waals surface area contributed by atoms with E-state index in [1.165, 1.54) is 4.90 Å². The Kier molecular flexibility index (Phi) is 6.37. The molecule has 4 rings (SSSR count). The predicted octanol–water partition coefficient (Wildman–Crippen LogP) is 3.96. The van der Waals surface area contributed by atoms with Crippen molar-refractivity contribution in [2.75, 3.05) is 26.2 Å². The topological polar surface area (TPSA) is 55.0 Å². The van der Waals surface area contributed by atoms with Crippen molar-refractivity contribution in [3.63, 3.8) is 0 Å². The van der Waals surface area contributed by atoms with Gasteiger partial charge in [0, 0.05) is 23.0 Å². The van der Waals surface area contributed by atoms with Gasteiger partial charge in [-0.2, -0.15) is 0 Å². The van der Waals surface area contributed by atoms with Gasteiger partial charge in [0.15, 0.2) is 5.43 Å². The average molecular weight is 460 g/mol. The molecule has 0 aliphatic carbocycles. The molecule has 1 amide bonds. The van der Waals surface area contributed by atoms with Crippen LogP contribution in [-0.2, 0) is 0 Å². The molecule has 0 spiro atoms. The first-order valence-electron chi connectivity index (χ1n) is 10.6. The fraction of sp³-hybridized carbons (Fsp3) is 0.333. The summed E-state index contributed by atoms with van der Waals surface area (Å²) in [5.74, 6) is -0.131. The van der Waals surface area contributed by atoms with Gasteiger partial charge in [0.25, 0.3) is 5.91 Å². The van der Waals surface area contributed by atoms with Crippen molar-refractivity contribution in [1.82, 2.24) is 4.90 Å². The molecular weight excluding hydrogens is 435 g/mol. The van der Waals surface area contributed by atoms with Gasteiger partial charge in [-0.05, 0) is 49.7 Å². The van der Waals surface area contributed by atoms with Crippen molar-refractivity contribution >= 4 is 40.1 Å². The van der Waals surface area contributed by atoms with Crippen LogP contribution in [0.3, 0.4) is 0 Å². The van der Waals surface area contributed by atoms with E-state index in [0.29, 0.717) is 33.1 Å². The molecule has 0 bridgehead atoms. The van der Waals surface area contributed by atoms with E-state index in [0.717, 1.165) is 31.6 Å². The van der Waals surface area contributed by atoms with Crippen molar-refractivity contribution in [3.05, 3.63) is 79.6 Å². The molecule has 2 aromatic carbocycles. The molecule has 7 heteroatoms. The Labute approximate surface area is 191 Å². The minimum absolute atomic E-state index is 0.120. The standard InChI is InChI=1S/C24H24Cl2N2O3/c1-3-27(4-2)12-5-13-28-21(15-6-8-16(25)9-7-15)20-22(29)18-14-17(26)10-11-19(18)31-23(20)24(28)30/h6-11,14,21H,3-5,12-13H2,1-2H3/p+1/t21-/m0/s1. The fourth-order valence-corrected chi connectivity index (χ4v) is 4.62. The summed E-state index contributed by atoms with van der Waals surface area (Å²) >= 11 is 12.2. The van der Waals surface area contributed by atoms with Crippen molar-refractivity contribution < 1.29 is 14.1 Å². The maximum absolute atomic E-state index is 13.5. The van der Waals surface area contributed by atoms with Gasteiger partial charge in [-0.15, -0.1) is 0 Å². The van der Waals surface area contributed by atoms with Crippen LogP contribution in [0.25, 0.3) is 11.0 Å². The number of benzene rings is 2. The molecule has 162 valence electrons. The number of carbonyl (C=O) groups is 1. The first kappa shape index (κ1) is 21.9.